The Bertz CT molecular complexity index is 1210. The van der Waals surface area contributed by atoms with Crippen LogP contribution in [0, 0.1) is 17.7 Å². The number of rotatable bonds is 9. The maximum absolute atomic E-state index is 13.3. The number of nitrogens with one attached hydrogen (secondary N) is 1. The van der Waals surface area contributed by atoms with Gasteiger partial charge in [-0.3, -0.25) is 9.59 Å². The molecule has 3 aromatic rings. The fraction of sp³-hybridized carbons (Fsp3) is 0.241. The zero-order chi connectivity index (χ0) is 25.2. The highest BCUT2D eigenvalue weighted by molar-refractivity contribution is 5.98. The van der Waals surface area contributed by atoms with E-state index in [1.807, 2.05) is 30.3 Å². The van der Waals surface area contributed by atoms with Crippen molar-refractivity contribution in [2.45, 2.75) is 38.3 Å². The highest BCUT2D eigenvalue weighted by atomic mass is 19.1. The number of aryl methyl sites for hydroxylation is 2. The molecule has 0 heterocycles. The summed E-state index contributed by atoms with van der Waals surface area (Å²) in [6.45, 7) is 0.608. The van der Waals surface area contributed by atoms with Crippen LogP contribution in [0.5, 0.6) is 0 Å². The van der Waals surface area contributed by atoms with Crippen LogP contribution in [0.3, 0.4) is 0 Å². The monoisotopic (exact) mass is 473 g/mol. The summed E-state index contributed by atoms with van der Waals surface area (Å²) < 4.78 is 13.3. The molecule has 0 fully saturated rings. The zero-order valence-electron chi connectivity index (χ0n) is 19.5. The van der Waals surface area contributed by atoms with Gasteiger partial charge in [-0.15, -0.1) is 0 Å². The van der Waals surface area contributed by atoms with Gasteiger partial charge in [0.15, 0.2) is 5.78 Å². The van der Waals surface area contributed by atoms with Gasteiger partial charge in [-0.25, -0.2) is 4.39 Å². The predicted molar refractivity (Wildman–Crippen MR) is 132 cm³/mol. The van der Waals surface area contributed by atoms with Crippen LogP contribution in [0.1, 0.15) is 46.0 Å². The average Bonchev–Trinajstić information content (AvgIpc) is 2.86. The number of aliphatic hydroxyl groups is 2. The summed E-state index contributed by atoms with van der Waals surface area (Å²) in [5.74, 6) is 4.77. The Labute approximate surface area is 204 Å². The minimum atomic E-state index is -1.17. The van der Waals surface area contributed by atoms with E-state index >= 15 is 0 Å². The van der Waals surface area contributed by atoms with Crippen molar-refractivity contribution in [2.75, 3.05) is 6.61 Å². The lowest BCUT2D eigenvalue weighted by Crippen LogP contribution is -2.48. The lowest BCUT2D eigenvalue weighted by atomic mass is 10.0. The molecule has 3 rings (SSSR count). The van der Waals surface area contributed by atoms with E-state index in [0.29, 0.717) is 5.56 Å². The topological polar surface area (TPSA) is 86.6 Å². The summed E-state index contributed by atoms with van der Waals surface area (Å²) in [5.41, 5.74) is 4.09. The Morgan fingerprint density at radius 3 is 2.09 bits per heavy atom. The molecule has 0 saturated carbocycles. The Morgan fingerprint density at radius 1 is 0.914 bits per heavy atom. The largest absolute Gasteiger partial charge is 0.391 e. The highest BCUT2D eigenvalue weighted by Crippen LogP contribution is 2.11. The van der Waals surface area contributed by atoms with E-state index < -0.39 is 30.4 Å². The minimum absolute atomic E-state index is 0.206. The van der Waals surface area contributed by atoms with Crippen LogP contribution >= 0.6 is 0 Å². The quantitative estimate of drug-likeness (QED) is 0.416. The molecule has 1 amide bonds. The molecule has 0 spiro atoms. The summed E-state index contributed by atoms with van der Waals surface area (Å²) in [7, 11) is 0. The molecule has 35 heavy (non-hydrogen) atoms. The molecule has 5 nitrogen and oxygen atoms in total. The summed E-state index contributed by atoms with van der Waals surface area (Å²) in [6.07, 6.45) is 1.53. The van der Waals surface area contributed by atoms with Gasteiger partial charge in [0.25, 0.3) is 5.91 Å². The molecule has 3 aromatic carbocycles. The third-order valence-corrected chi connectivity index (χ3v) is 5.54. The molecule has 0 bridgehead atoms. The van der Waals surface area contributed by atoms with E-state index in [-0.39, 0.29) is 5.82 Å². The number of aliphatic hydroxyl groups excluding tert-OH is 2. The van der Waals surface area contributed by atoms with E-state index in [1.165, 1.54) is 18.6 Å². The zero-order valence-corrected chi connectivity index (χ0v) is 19.5. The summed E-state index contributed by atoms with van der Waals surface area (Å²) >= 11 is 0. The molecule has 3 N–H and O–H groups in total. The van der Waals surface area contributed by atoms with Gasteiger partial charge in [0.1, 0.15) is 18.5 Å². The van der Waals surface area contributed by atoms with Gasteiger partial charge in [-0.05, 0) is 85.8 Å². The number of carbonyl (C=O) groups excluding carboxylic acids is 2. The molecule has 0 aliphatic carbocycles. The average molecular weight is 474 g/mol. The molecule has 0 aliphatic rings. The first kappa shape index (κ1) is 25.8. The standard InChI is InChI=1S/C29H28FNO4/c1-20(33)28(27(34)19-32)31-29(35)25-16-14-23(15-17-25)13-12-22-10-8-21(9-11-22)4-2-5-24-6-3-7-26(30)18-24/h3,6-11,14-18,20,28,32-33H,2,4-5,19H2,1H3,(H,31,35)/t20-,28+/m1/s1. The third kappa shape index (κ3) is 7.89. The number of ketones is 1. The third-order valence-electron chi connectivity index (χ3n) is 5.54. The van der Waals surface area contributed by atoms with Crippen LogP contribution in [0.4, 0.5) is 4.39 Å². The Hall–Kier alpha value is -3.79. The number of hydrogen-bond acceptors (Lipinski definition) is 4. The normalized spacial score (nSPS) is 12.2. The first-order chi connectivity index (χ1) is 16.9. The van der Waals surface area contributed by atoms with Crippen LogP contribution in [0.25, 0.3) is 0 Å². The maximum Gasteiger partial charge on any atom is 0.251 e. The van der Waals surface area contributed by atoms with Gasteiger partial charge >= 0.3 is 0 Å². The number of hydrogen-bond donors (Lipinski definition) is 3. The lowest BCUT2D eigenvalue weighted by Gasteiger charge is -2.19. The molecule has 0 aromatic heterocycles. The number of benzene rings is 3. The second-order valence-electron chi connectivity index (χ2n) is 8.32. The van der Waals surface area contributed by atoms with Crippen LogP contribution in [-0.4, -0.2) is 40.7 Å². The van der Waals surface area contributed by atoms with Gasteiger partial charge in [0.2, 0.25) is 0 Å². The van der Waals surface area contributed by atoms with E-state index in [1.54, 1.807) is 36.4 Å². The number of carbonyl (C=O) groups is 2. The summed E-state index contributed by atoms with van der Waals surface area (Å²) in [6, 6.07) is 20.1. The van der Waals surface area contributed by atoms with E-state index in [0.717, 1.165) is 36.0 Å². The molecule has 0 radical (unpaired) electrons. The molecule has 0 saturated heterocycles. The van der Waals surface area contributed by atoms with E-state index in [2.05, 4.69) is 17.2 Å². The smallest absolute Gasteiger partial charge is 0.251 e. The molecule has 2 atom stereocenters. The van der Waals surface area contributed by atoms with Gasteiger partial charge in [-0.2, -0.15) is 0 Å². The minimum Gasteiger partial charge on any atom is -0.391 e. The van der Waals surface area contributed by atoms with E-state index in [9.17, 15) is 19.1 Å². The van der Waals surface area contributed by atoms with Crippen molar-refractivity contribution < 1.29 is 24.2 Å². The fourth-order valence-corrected chi connectivity index (χ4v) is 3.59. The maximum atomic E-state index is 13.3. The first-order valence-electron chi connectivity index (χ1n) is 11.4. The highest BCUT2D eigenvalue weighted by Gasteiger charge is 2.25. The van der Waals surface area contributed by atoms with Gasteiger partial charge in [0.05, 0.1) is 6.10 Å². The summed E-state index contributed by atoms with van der Waals surface area (Å²) in [5, 5.41) is 21.1. The molecule has 180 valence electrons. The predicted octanol–water partition coefficient (Wildman–Crippen LogP) is 3.44. The number of Topliss-reactive ketones (excluding diaryl/α,β-unsaturated/α-hetero) is 1. The Balaban J connectivity index is 1.54. The van der Waals surface area contributed by atoms with Gasteiger partial charge < -0.3 is 15.5 Å². The van der Waals surface area contributed by atoms with E-state index in [4.69, 9.17) is 5.11 Å². The Morgan fingerprint density at radius 2 is 1.51 bits per heavy atom. The molecular formula is C29H28FNO4. The first-order valence-corrected chi connectivity index (χ1v) is 11.4. The second-order valence-corrected chi connectivity index (χ2v) is 8.32. The van der Waals surface area contributed by atoms with Crippen LogP contribution in [0.15, 0.2) is 72.8 Å². The molecule has 0 aliphatic heterocycles. The Kier molecular flexibility index (Phi) is 9.31. The van der Waals surface area contributed by atoms with Crippen molar-refractivity contribution in [1.29, 1.82) is 0 Å². The van der Waals surface area contributed by atoms with Crippen LogP contribution in [-0.2, 0) is 17.6 Å². The van der Waals surface area contributed by atoms with Crippen molar-refractivity contribution in [3.63, 3.8) is 0 Å². The summed E-state index contributed by atoms with van der Waals surface area (Å²) in [4.78, 5) is 24.0. The SMILES string of the molecule is C[C@@H](O)[C@H](NC(=O)c1ccc(C#Cc2ccc(CCCc3cccc(F)c3)cc2)cc1)C(=O)CO. The van der Waals surface area contributed by atoms with Gasteiger partial charge in [0, 0.05) is 16.7 Å². The number of halogens is 1. The van der Waals surface area contributed by atoms with Crippen molar-refractivity contribution in [2.24, 2.45) is 0 Å². The molecule has 6 heteroatoms. The number of amides is 1. The van der Waals surface area contributed by atoms with Crippen LogP contribution < -0.4 is 5.32 Å². The van der Waals surface area contributed by atoms with Crippen molar-refractivity contribution in [3.05, 3.63) is 106 Å². The molecule has 0 unspecified atom stereocenters. The van der Waals surface area contributed by atoms with Crippen molar-refractivity contribution in [3.8, 4) is 11.8 Å². The van der Waals surface area contributed by atoms with Crippen LogP contribution in [0.2, 0.25) is 0 Å². The lowest BCUT2D eigenvalue weighted by molar-refractivity contribution is -0.125. The second kappa shape index (κ2) is 12.6. The molecular weight excluding hydrogens is 445 g/mol. The van der Waals surface area contributed by atoms with Crippen molar-refractivity contribution in [1.82, 2.24) is 5.32 Å². The van der Waals surface area contributed by atoms with Gasteiger partial charge in [-0.1, -0.05) is 36.1 Å². The van der Waals surface area contributed by atoms with Crippen molar-refractivity contribution >= 4 is 11.7 Å². The fourth-order valence-electron chi connectivity index (χ4n) is 3.59.